The molecule has 1 fully saturated rings. The monoisotopic (exact) mass is 409 g/mol. The lowest BCUT2D eigenvalue weighted by Crippen LogP contribution is -2.50. The SMILES string of the molecule is COc1ccc(C(=O)NCCN2CCN(C(=O)c3c(C)cc(C)cc3C)CC2)cc1. The maximum atomic E-state index is 13.0. The first-order valence-electron chi connectivity index (χ1n) is 10.4. The molecular weight excluding hydrogens is 378 g/mol. The van der Waals surface area contributed by atoms with Crippen molar-refractivity contribution in [2.24, 2.45) is 0 Å². The number of piperazine rings is 1. The van der Waals surface area contributed by atoms with Crippen LogP contribution in [0.25, 0.3) is 0 Å². The number of aryl methyl sites for hydroxylation is 3. The molecule has 0 spiro atoms. The first kappa shape index (κ1) is 21.8. The van der Waals surface area contributed by atoms with Gasteiger partial charge in [-0.2, -0.15) is 0 Å². The van der Waals surface area contributed by atoms with E-state index in [9.17, 15) is 9.59 Å². The zero-order chi connectivity index (χ0) is 21.7. The molecule has 1 aliphatic heterocycles. The Morgan fingerprint density at radius 3 is 2.13 bits per heavy atom. The van der Waals surface area contributed by atoms with Crippen molar-refractivity contribution in [3.63, 3.8) is 0 Å². The molecule has 0 bridgehead atoms. The highest BCUT2D eigenvalue weighted by Crippen LogP contribution is 2.19. The Morgan fingerprint density at radius 1 is 0.967 bits per heavy atom. The van der Waals surface area contributed by atoms with E-state index in [4.69, 9.17) is 4.74 Å². The Balaban J connectivity index is 1.45. The molecule has 1 N–H and O–H groups in total. The van der Waals surface area contributed by atoms with E-state index < -0.39 is 0 Å². The van der Waals surface area contributed by atoms with Gasteiger partial charge in [-0.25, -0.2) is 0 Å². The zero-order valence-electron chi connectivity index (χ0n) is 18.3. The van der Waals surface area contributed by atoms with Gasteiger partial charge < -0.3 is 15.0 Å². The minimum atomic E-state index is -0.0863. The van der Waals surface area contributed by atoms with Gasteiger partial charge in [-0.15, -0.1) is 0 Å². The van der Waals surface area contributed by atoms with E-state index in [2.05, 4.69) is 29.3 Å². The van der Waals surface area contributed by atoms with Crippen molar-refractivity contribution in [3.05, 3.63) is 64.2 Å². The van der Waals surface area contributed by atoms with E-state index >= 15 is 0 Å². The molecule has 0 aliphatic carbocycles. The van der Waals surface area contributed by atoms with E-state index in [1.165, 1.54) is 5.56 Å². The average molecular weight is 410 g/mol. The van der Waals surface area contributed by atoms with Gasteiger partial charge in [-0.05, 0) is 56.2 Å². The summed E-state index contributed by atoms with van der Waals surface area (Å²) in [6.45, 7) is 10.5. The maximum absolute atomic E-state index is 13.0. The van der Waals surface area contributed by atoms with Crippen LogP contribution < -0.4 is 10.1 Å². The second-order valence-corrected chi connectivity index (χ2v) is 7.89. The third-order valence-electron chi connectivity index (χ3n) is 5.62. The number of nitrogens with zero attached hydrogens (tertiary/aromatic N) is 2. The van der Waals surface area contributed by atoms with Crippen molar-refractivity contribution in [2.45, 2.75) is 20.8 Å². The highest BCUT2D eigenvalue weighted by atomic mass is 16.5. The Morgan fingerprint density at radius 2 is 1.57 bits per heavy atom. The third-order valence-corrected chi connectivity index (χ3v) is 5.62. The molecular formula is C24H31N3O3. The summed E-state index contributed by atoms with van der Waals surface area (Å²) in [4.78, 5) is 29.5. The van der Waals surface area contributed by atoms with Crippen molar-refractivity contribution >= 4 is 11.8 Å². The van der Waals surface area contributed by atoms with Crippen molar-refractivity contribution in [1.29, 1.82) is 0 Å². The number of ether oxygens (including phenoxy) is 1. The number of carbonyl (C=O) groups excluding carboxylic acids is 2. The molecule has 30 heavy (non-hydrogen) atoms. The van der Waals surface area contributed by atoms with Gasteiger partial charge >= 0.3 is 0 Å². The molecule has 0 atom stereocenters. The zero-order valence-corrected chi connectivity index (χ0v) is 18.3. The Hall–Kier alpha value is -2.86. The van der Waals surface area contributed by atoms with Crippen molar-refractivity contribution < 1.29 is 14.3 Å². The molecule has 6 heteroatoms. The predicted molar refractivity (Wildman–Crippen MR) is 118 cm³/mol. The van der Waals surface area contributed by atoms with Crippen LogP contribution in [0.2, 0.25) is 0 Å². The minimum Gasteiger partial charge on any atom is -0.497 e. The van der Waals surface area contributed by atoms with Gasteiger partial charge in [0.05, 0.1) is 7.11 Å². The van der Waals surface area contributed by atoms with Gasteiger partial charge in [0.1, 0.15) is 5.75 Å². The van der Waals surface area contributed by atoms with Gasteiger partial charge in [0, 0.05) is 50.4 Å². The fourth-order valence-electron chi connectivity index (χ4n) is 4.02. The first-order chi connectivity index (χ1) is 14.4. The van der Waals surface area contributed by atoms with Gasteiger partial charge in [-0.1, -0.05) is 17.7 Å². The van der Waals surface area contributed by atoms with Crippen LogP contribution in [-0.2, 0) is 0 Å². The number of benzene rings is 2. The quantitative estimate of drug-likeness (QED) is 0.797. The fourth-order valence-corrected chi connectivity index (χ4v) is 4.02. The standard InChI is InChI=1S/C24H31N3O3/c1-17-15-18(2)22(19(3)16-17)24(29)27-13-11-26(12-14-27)10-9-25-23(28)20-5-7-21(30-4)8-6-20/h5-8,15-16H,9-14H2,1-4H3,(H,25,28). The van der Waals surface area contributed by atoms with Crippen LogP contribution in [0, 0.1) is 20.8 Å². The molecule has 1 aliphatic rings. The second-order valence-electron chi connectivity index (χ2n) is 7.89. The summed E-state index contributed by atoms with van der Waals surface area (Å²) in [6, 6.07) is 11.2. The summed E-state index contributed by atoms with van der Waals surface area (Å²) in [5, 5.41) is 2.96. The van der Waals surface area contributed by atoms with Crippen LogP contribution in [0.3, 0.4) is 0 Å². The maximum Gasteiger partial charge on any atom is 0.254 e. The molecule has 1 saturated heterocycles. The van der Waals surface area contributed by atoms with Gasteiger partial charge in [0.25, 0.3) is 11.8 Å². The van der Waals surface area contributed by atoms with Crippen LogP contribution in [0.1, 0.15) is 37.4 Å². The number of hydrogen-bond donors (Lipinski definition) is 1. The van der Waals surface area contributed by atoms with Crippen LogP contribution in [0.15, 0.2) is 36.4 Å². The molecule has 6 nitrogen and oxygen atoms in total. The number of carbonyl (C=O) groups is 2. The summed E-state index contributed by atoms with van der Waals surface area (Å²) >= 11 is 0. The smallest absolute Gasteiger partial charge is 0.254 e. The fraction of sp³-hybridized carbons (Fsp3) is 0.417. The molecule has 0 aromatic heterocycles. The summed E-state index contributed by atoms with van der Waals surface area (Å²) < 4.78 is 5.11. The number of amides is 2. The molecule has 2 aromatic carbocycles. The summed E-state index contributed by atoms with van der Waals surface area (Å²) in [7, 11) is 1.60. The minimum absolute atomic E-state index is 0.0863. The molecule has 0 unspecified atom stereocenters. The molecule has 0 saturated carbocycles. The number of hydrogen-bond acceptors (Lipinski definition) is 4. The van der Waals surface area contributed by atoms with Crippen LogP contribution in [-0.4, -0.2) is 68.0 Å². The number of methoxy groups -OCH3 is 1. The molecule has 2 amide bonds. The third kappa shape index (κ3) is 5.19. The number of nitrogens with one attached hydrogen (secondary N) is 1. The number of rotatable bonds is 6. The lowest BCUT2D eigenvalue weighted by molar-refractivity contribution is 0.0636. The largest absolute Gasteiger partial charge is 0.497 e. The average Bonchev–Trinajstić information content (AvgIpc) is 2.73. The molecule has 1 heterocycles. The molecule has 160 valence electrons. The van der Waals surface area contributed by atoms with Gasteiger partial charge in [0.15, 0.2) is 0 Å². The van der Waals surface area contributed by atoms with Gasteiger partial charge in [0.2, 0.25) is 0 Å². The Kier molecular flexibility index (Phi) is 7.11. The van der Waals surface area contributed by atoms with Crippen LogP contribution in [0.4, 0.5) is 0 Å². The Labute approximate surface area is 178 Å². The second kappa shape index (κ2) is 9.76. The lowest BCUT2D eigenvalue weighted by atomic mass is 9.98. The normalized spacial score (nSPS) is 14.5. The Bertz CT molecular complexity index is 877. The predicted octanol–water partition coefficient (Wildman–Crippen LogP) is 2.81. The lowest BCUT2D eigenvalue weighted by Gasteiger charge is -2.35. The van der Waals surface area contributed by atoms with Crippen LogP contribution in [0.5, 0.6) is 5.75 Å². The molecule has 0 radical (unpaired) electrons. The summed E-state index contributed by atoms with van der Waals surface area (Å²) in [6.07, 6.45) is 0. The molecule has 3 rings (SSSR count). The van der Waals surface area contributed by atoms with E-state index in [0.717, 1.165) is 42.1 Å². The topological polar surface area (TPSA) is 61.9 Å². The van der Waals surface area contributed by atoms with E-state index in [1.807, 2.05) is 18.7 Å². The van der Waals surface area contributed by atoms with Crippen molar-refractivity contribution in [3.8, 4) is 5.75 Å². The summed E-state index contributed by atoms with van der Waals surface area (Å²) in [5.41, 5.74) is 4.72. The van der Waals surface area contributed by atoms with E-state index in [1.54, 1.807) is 31.4 Å². The van der Waals surface area contributed by atoms with Crippen molar-refractivity contribution in [2.75, 3.05) is 46.4 Å². The highest BCUT2D eigenvalue weighted by Gasteiger charge is 2.24. The molecule has 2 aromatic rings. The van der Waals surface area contributed by atoms with Crippen LogP contribution >= 0.6 is 0 Å². The highest BCUT2D eigenvalue weighted by molar-refractivity contribution is 5.97. The van der Waals surface area contributed by atoms with Crippen molar-refractivity contribution in [1.82, 2.24) is 15.1 Å². The van der Waals surface area contributed by atoms with E-state index in [0.29, 0.717) is 25.2 Å². The van der Waals surface area contributed by atoms with Gasteiger partial charge in [-0.3, -0.25) is 14.5 Å². The summed E-state index contributed by atoms with van der Waals surface area (Å²) in [5.74, 6) is 0.768. The van der Waals surface area contributed by atoms with E-state index in [-0.39, 0.29) is 11.8 Å². The first-order valence-corrected chi connectivity index (χ1v) is 10.4.